The molecule has 7 nitrogen and oxygen atoms in total. The van der Waals surface area contributed by atoms with Crippen molar-refractivity contribution in [1.29, 1.82) is 0 Å². The van der Waals surface area contributed by atoms with Gasteiger partial charge in [0, 0.05) is 24.3 Å². The fourth-order valence-electron chi connectivity index (χ4n) is 2.09. The highest BCUT2D eigenvalue weighted by molar-refractivity contribution is 7.92. The molecule has 0 spiro atoms. The molecule has 0 bridgehead atoms. The fourth-order valence-corrected chi connectivity index (χ4v) is 3.57. The summed E-state index contributed by atoms with van der Waals surface area (Å²) in [7, 11) is -3.72. The number of nitrogens with zero attached hydrogens (tertiary/aromatic N) is 1. The summed E-state index contributed by atoms with van der Waals surface area (Å²) < 4.78 is 33.1. The van der Waals surface area contributed by atoms with E-state index in [1.54, 1.807) is 13.8 Å². The highest BCUT2D eigenvalue weighted by Crippen LogP contribution is 2.28. The van der Waals surface area contributed by atoms with Crippen molar-refractivity contribution in [3.63, 3.8) is 0 Å². The van der Waals surface area contributed by atoms with Crippen LogP contribution in [0.4, 0.5) is 5.69 Å². The monoisotopic (exact) mass is 312 g/mol. The number of furan rings is 1. The number of hydrogen-bond acceptors (Lipinski definition) is 5. The van der Waals surface area contributed by atoms with E-state index in [9.17, 15) is 8.42 Å². The fraction of sp³-hybridized carbons (Fsp3) is 0.462. The van der Waals surface area contributed by atoms with Gasteiger partial charge in [0.15, 0.2) is 0 Å². The van der Waals surface area contributed by atoms with Crippen LogP contribution in [0.1, 0.15) is 30.9 Å². The Morgan fingerprint density at radius 1 is 1.33 bits per heavy atom. The van der Waals surface area contributed by atoms with Gasteiger partial charge in [-0.05, 0) is 13.8 Å². The summed E-state index contributed by atoms with van der Waals surface area (Å²) in [5, 5.41) is 9.50. The van der Waals surface area contributed by atoms with Gasteiger partial charge in [0.2, 0.25) is 0 Å². The number of hydrogen-bond donors (Lipinski definition) is 3. The summed E-state index contributed by atoms with van der Waals surface area (Å²) in [6.07, 6.45) is 2.89. The molecule has 0 radical (unpaired) electrons. The predicted octanol–water partition coefficient (Wildman–Crippen LogP) is 1.92. The molecular formula is C13H20N4O3S. The highest BCUT2D eigenvalue weighted by atomic mass is 32.2. The van der Waals surface area contributed by atoms with Crippen molar-refractivity contribution in [3.05, 3.63) is 29.5 Å². The first-order valence-corrected chi connectivity index (χ1v) is 8.13. The largest absolute Gasteiger partial charge is 0.465 e. The van der Waals surface area contributed by atoms with E-state index < -0.39 is 10.0 Å². The van der Waals surface area contributed by atoms with Crippen LogP contribution in [0.25, 0.3) is 0 Å². The van der Waals surface area contributed by atoms with E-state index in [1.165, 1.54) is 12.4 Å². The first kappa shape index (κ1) is 15.6. The maximum atomic E-state index is 12.6. The number of aromatic nitrogens is 2. The Bertz CT molecular complexity index is 702. The molecule has 0 aliphatic rings. The molecule has 2 heterocycles. The smallest absolute Gasteiger partial charge is 0.265 e. The molecule has 0 atom stereocenters. The van der Waals surface area contributed by atoms with E-state index in [2.05, 4.69) is 20.2 Å². The van der Waals surface area contributed by atoms with Crippen LogP contribution < -0.4 is 10.0 Å². The summed E-state index contributed by atoms with van der Waals surface area (Å²) in [4.78, 5) is 0.189. The van der Waals surface area contributed by atoms with Gasteiger partial charge in [0.25, 0.3) is 10.0 Å². The molecule has 0 fully saturated rings. The second-order valence-electron chi connectivity index (χ2n) is 5.15. The summed E-state index contributed by atoms with van der Waals surface area (Å²) in [5.41, 5.74) is 1.04. The summed E-state index contributed by atoms with van der Waals surface area (Å²) in [5.74, 6) is 0.984. The average Bonchev–Trinajstić information content (AvgIpc) is 2.94. The maximum Gasteiger partial charge on any atom is 0.265 e. The third-order valence-electron chi connectivity index (χ3n) is 3.03. The summed E-state index contributed by atoms with van der Waals surface area (Å²) >= 11 is 0. The van der Waals surface area contributed by atoms with Gasteiger partial charge in [-0.3, -0.25) is 9.82 Å². The molecule has 3 N–H and O–H groups in total. The number of nitrogens with one attached hydrogen (secondary N) is 3. The van der Waals surface area contributed by atoms with Gasteiger partial charge >= 0.3 is 0 Å². The van der Waals surface area contributed by atoms with Crippen LogP contribution >= 0.6 is 0 Å². The van der Waals surface area contributed by atoms with Crippen LogP contribution in [0.2, 0.25) is 0 Å². The first-order chi connectivity index (χ1) is 9.81. The van der Waals surface area contributed by atoms with Gasteiger partial charge in [0.05, 0.1) is 11.9 Å². The third-order valence-corrected chi connectivity index (χ3v) is 4.61. The van der Waals surface area contributed by atoms with Crippen LogP contribution in [-0.2, 0) is 16.6 Å². The predicted molar refractivity (Wildman–Crippen MR) is 79.6 cm³/mol. The number of aromatic amines is 1. The summed E-state index contributed by atoms with van der Waals surface area (Å²) in [6.45, 7) is 7.85. The van der Waals surface area contributed by atoms with Crippen LogP contribution in [0, 0.1) is 13.8 Å². The van der Waals surface area contributed by atoms with Crippen LogP contribution in [0.3, 0.4) is 0 Å². The van der Waals surface area contributed by atoms with Crippen molar-refractivity contribution in [2.24, 2.45) is 0 Å². The van der Waals surface area contributed by atoms with Crippen molar-refractivity contribution in [1.82, 2.24) is 15.5 Å². The van der Waals surface area contributed by atoms with Crippen molar-refractivity contribution in [2.75, 3.05) is 4.72 Å². The van der Waals surface area contributed by atoms with E-state index in [0.717, 1.165) is 0 Å². The van der Waals surface area contributed by atoms with Crippen LogP contribution in [0.15, 0.2) is 21.7 Å². The zero-order chi connectivity index (χ0) is 15.6. The molecule has 2 aromatic heterocycles. The second kappa shape index (κ2) is 5.90. The lowest BCUT2D eigenvalue weighted by molar-refractivity contribution is 0.492. The molecule has 21 heavy (non-hydrogen) atoms. The Hall–Kier alpha value is -1.80. The Balaban J connectivity index is 2.37. The van der Waals surface area contributed by atoms with Gasteiger partial charge in [0.1, 0.15) is 16.4 Å². The van der Waals surface area contributed by atoms with E-state index in [4.69, 9.17) is 4.42 Å². The zero-order valence-corrected chi connectivity index (χ0v) is 13.3. The molecule has 0 saturated heterocycles. The molecule has 0 unspecified atom stereocenters. The summed E-state index contributed by atoms with van der Waals surface area (Å²) in [6, 6.07) is 0.247. The highest BCUT2D eigenvalue weighted by Gasteiger charge is 2.27. The van der Waals surface area contributed by atoms with Crippen molar-refractivity contribution in [2.45, 2.75) is 45.2 Å². The molecular weight excluding hydrogens is 292 g/mol. The molecule has 0 aliphatic heterocycles. The molecule has 0 saturated carbocycles. The Labute approximate surface area is 124 Å². The number of H-pyrrole nitrogens is 1. The third kappa shape index (κ3) is 3.45. The van der Waals surface area contributed by atoms with E-state index in [0.29, 0.717) is 29.3 Å². The standard InChI is InChI=1S/C13H20N4O3S/c1-8(2)14-7-12-9(3)20-10(4)13(12)21(18,19)17-11-5-15-16-6-11/h5-6,8,14,17H,7H2,1-4H3,(H,15,16). The molecule has 2 rings (SSSR count). The Kier molecular flexibility index (Phi) is 4.38. The van der Waals surface area contributed by atoms with Gasteiger partial charge in [-0.2, -0.15) is 5.10 Å². The first-order valence-electron chi connectivity index (χ1n) is 6.65. The molecule has 0 aliphatic carbocycles. The Morgan fingerprint density at radius 3 is 2.62 bits per heavy atom. The van der Waals surface area contributed by atoms with Crippen molar-refractivity contribution < 1.29 is 12.8 Å². The van der Waals surface area contributed by atoms with Crippen molar-refractivity contribution in [3.8, 4) is 0 Å². The zero-order valence-electron chi connectivity index (χ0n) is 12.5. The van der Waals surface area contributed by atoms with Crippen LogP contribution in [0.5, 0.6) is 0 Å². The molecule has 0 amide bonds. The molecule has 2 aromatic rings. The lowest BCUT2D eigenvalue weighted by atomic mass is 10.2. The van der Waals surface area contributed by atoms with Gasteiger partial charge in [-0.15, -0.1) is 0 Å². The minimum atomic E-state index is -3.72. The van der Waals surface area contributed by atoms with E-state index >= 15 is 0 Å². The van der Waals surface area contributed by atoms with Crippen LogP contribution in [-0.4, -0.2) is 24.7 Å². The van der Waals surface area contributed by atoms with Gasteiger partial charge in [-0.25, -0.2) is 8.42 Å². The number of aryl methyl sites for hydroxylation is 2. The second-order valence-corrected chi connectivity index (χ2v) is 6.77. The topological polar surface area (TPSA) is 100 Å². The normalized spacial score (nSPS) is 12.0. The number of anilines is 1. The minimum Gasteiger partial charge on any atom is -0.465 e. The Morgan fingerprint density at radius 2 is 2.05 bits per heavy atom. The minimum absolute atomic E-state index is 0.189. The van der Waals surface area contributed by atoms with Crippen molar-refractivity contribution >= 4 is 15.7 Å². The maximum absolute atomic E-state index is 12.6. The quantitative estimate of drug-likeness (QED) is 0.756. The lowest BCUT2D eigenvalue weighted by Crippen LogP contribution is -2.24. The van der Waals surface area contributed by atoms with E-state index in [1.807, 2.05) is 13.8 Å². The average molecular weight is 312 g/mol. The SMILES string of the molecule is Cc1oc(C)c(S(=O)(=O)Nc2cn[nH]c2)c1CNC(C)C. The molecule has 8 heteroatoms. The van der Waals surface area contributed by atoms with Gasteiger partial charge in [-0.1, -0.05) is 13.8 Å². The van der Waals surface area contributed by atoms with Gasteiger partial charge < -0.3 is 9.73 Å². The lowest BCUT2D eigenvalue weighted by Gasteiger charge is -2.11. The molecule has 116 valence electrons. The number of rotatable bonds is 6. The number of sulfonamides is 1. The van der Waals surface area contributed by atoms with E-state index in [-0.39, 0.29) is 10.9 Å². The molecule has 0 aromatic carbocycles.